The normalized spacial score (nSPS) is 24.5. The Hall–Kier alpha value is -0.160. The van der Waals surface area contributed by atoms with Gasteiger partial charge in [-0.05, 0) is 45.7 Å². The Balaban J connectivity index is 2.56. The first kappa shape index (κ1) is 14.9. The van der Waals surface area contributed by atoms with Gasteiger partial charge in [0, 0.05) is 27.4 Å². The van der Waals surface area contributed by atoms with Crippen molar-refractivity contribution in [1.82, 2.24) is 4.90 Å². The molecule has 0 aromatic carbocycles. The van der Waals surface area contributed by atoms with Crippen LogP contribution in [0.1, 0.15) is 26.7 Å². The van der Waals surface area contributed by atoms with E-state index < -0.39 is 0 Å². The molecule has 0 aromatic heterocycles. The van der Waals surface area contributed by atoms with Gasteiger partial charge in [-0.2, -0.15) is 0 Å². The summed E-state index contributed by atoms with van der Waals surface area (Å²) < 4.78 is 10.7. The summed E-state index contributed by atoms with van der Waals surface area (Å²) in [5.41, 5.74) is 5.91. The van der Waals surface area contributed by atoms with Gasteiger partial charge in [-0.15, -0.1) is 0 Å². The van der Waals surface area contributed by atoms with Gasteiger partial charge >= 0.3 is 0 Å². The van der Waals surface area contributed by atoms with E-state index in [4.69, 9.17) is 15.2 Å². The number of likely N-dealkylation sites (tertiary alicyclic amines) is 1. The molecular weight excluding hydrogens is 216 g/mol. The lowest BCUT2D eigenvalue weighted by molar-refractivity contribution is -0.0484. The number of nitrogens with two attached hydrogens (primary N) is 1. The van der Waals surface area contributed by atoms with Crippen LogP contribution < -0.4 is 5.73 Å². The molecule has 2 atom stereocenters. The first-order chi connectivity index (χ1) is 8.08. The van der Waals surface area contributed by atoms with Crippen LogP contribution in [0.15, 0.2) is 0 Å². The Morgan fingerprint density at radius 2 is 1.94 bits per heavy atom. The molecule has 0 bridgehead atoms. The summed E-state index contributed by atoms with van der Waals surface area (Å²) in [6.45, 7) is 8.01. The van der Waals surface area contributed by atoms with Crippen molar-refractivity contribution in [3.63, 3.8) is 0 Å². The highest BCUT2D eigenvalue weighted by molar-refractivity contribution is 4.94. The fourth-order valence-electron chi connectivity index (χ4n) is 2.65. The zero-order chi connectivity index (χ0) is 12.9. The van der Waals surface area contributed by atoms with Crippen molar-refractivity contribution in [3.8, 4) is 0 Å². The van der Waals surface area contributed by atoms with E-state index in [1.807, 2.05) is 0 Å². The second-order valence-corrected chi connectivity index (χ2v) is 5.32. The maximum Gasteiger partial charge on any atom is 0.0736 e. The van der Waals surface area contributed by atoms with E-state index >= 15 is 0 Å². The second kappa shape index (κ2) is 6.69. The first-order valence-corrected chi connectivity index (χ1v) is 6.55. The number of hydrogen-bond donors (Lipinski definition) is 1. The SMILES string of the molecule is COCC1CCN(C(C)(CN)C(C)OC)CC1. The molecule has 1 aliphatic heterocycles. The molecule has 0 aliphatic carbocycles. The van der Waals surface area contributed by atoms with Gasteiger partial charge in [-0.25, -0.2) is 0 Å². The van der Waals surface area contributed by atoms with Gasteiger partial charge < -0.3 is 15.2 Å². The van der Waals surface area contributed by atoms with Crippen LogP contribution in [0.2, 0.25) is 0 Å². The molecule has 1 heterocycles. The Bertz CT molecular complexity index is 217. The average Bonchev–Trinajstić information content (AvgIpc) is 2.38. The Labute approximate surface area is 105 Å². The van der Waals surface area contributed by atoms with Crippen LogP contribution in [0.4, 0.5) is 0 Å². The van der Waals surface area contributed by atoms with E-state index in [9.17, 15) is 0 Å². The molecule has 1 fully saturated rings. The van der Waals surface area contributed by atoms with Gasteiger partial charge in [0.15, 0.2) is 0 Å². The van der Waals surface area contributed by atoms with Crippen LogP contribution >= 0.6 is 0 Å². The third-order valence-corrected chi connectivity index (χ3v) is 4.38. The molecule has 4 nitrogen and oxygen atoms in total. The summed E-state index contributed by atoms with van der Waals surface area (Å²) in [7, 11) is 3.54. The van der Waals surface area contributed by atoms with Crippen LogP contribution in [0.25, 0.3) is 0 Å². The monoisotopic (exact) mass is 244 g/mol. The standard InChI is InChI=1S/C13H28N2O2/c1-11(17-4)13(2,10-14)15-7-5-12(6-8-15)9-16-3/h11-12H,5-10,14H2,1-4H3. The van der Waals surface area contributed by atoms with Gasteiger partial charge in [0.2, 0.25) is 0 Å². The smallest absolute Gasteiger partial charge is 0.0736 e. The Kier molecular flexibility index (Phi) is 5.86. The van der Waals surface area contributed by atoms with Crippen molar-refractivity contribution in [1.29, 1.82) is 0 Å². The van der Waals surface area contributed by atoms with Crippen molar-refractivity contribution in [2.24, 2.45) is 11.7 Å². The highest BCUT2D eigenvalue weighted by Gasteiger charge is 2.38. The second-order valence-electron chi connectivity index (χ2n) is 5.32. The fraction of sp³-hybridized carbons (Fsp3) is 1.00. The summed E-state index contributed by atoms with van der Waals surface area (Å²) in [5, 5.41) is 0. The highest BCUT2D eigenvalue weighted by Crippen LogP contribution is 2.27. The number of methoxy groups -OCH3 is 2. The predicted octanol–water partition coefficient (Wildman–Crippen LogP) is 1.10. The molecule has 2 N–H and O–H groups in total. The zero-order valence-electron chi connectivity index (χ0n) is 11.7. The zero-order valence-corrected chi connectivity index (χ0v) is 11.7. The molecule has 0 aromatic rings. The lowest BCUT2D eigenvalue weighted by Crippen LogP contribution is -2.60. The number of nitrogens with zero attached hydrogens (tertiary/aromatic N) is 1. The van der Waals surface area contributed by atoms with Crippen LogP contribution in [-0.2, 0) is 9.47 Å². The molecule has 17 heavy (non-hydrogen) atoms. The molecular formula is C13H28N2O2. The maximum atomic E-state index is 5.96. The molecule has 1 aliphatic rings. The predicted molar refractivity (Wildman–Crippen MR) is 70.1 cm³/mol. The van der Waals surface area contributed by atoms with Crippen LogP contribution in [-0.4, -0.2) is 57.0 Å². The average molecular weight is 244 g/mol. The van der Waals surface area contributed by atoms with Gasteiger partial charge in [0.1, 0.15) is 0 Å². The minimum atomic E-state index is -0.0488. The van der Waals surface area contributed by atoms with Crippen LogP contribution in [0.3, 0.4) is 0 Å². The van der Waals surface area contributed by atoms with Gasteiger partial charge in [-0.1, -0.05) is 0 Å². The minimum Gasteiger partial charge on any atom is -0.384 e. The number of rotatable bonds is 6. The van der Waals surface area contributed by atoms with Crippen molar-refractivity contribution in [2.75, 3.05) is 40.5 Å². The van der Waals surface area contributed by atoms with E-state index in [0.717, 1.165) is 19.7 Å². The molecule has 102 valence electrons. The molecule has 4 heteroatoms. The van der Waals surface area contributed by atoms with Crippen molar-refractivity contribution in [2.45, 2.75) is 38.3 Å². The fourth-order valence-corrected chi connectivity index (χ4v) is 2.65. The van der Waals surface area contributed by atoms with Gasteiger partial charge in [0.25, 0.3) is 0 Å². The summed E-state index contributed by atoms with van der Waals surface area (Å²) >= 11 is 0. The molecule has 1 rings (SSSR count). The minimum absolute atomic E-state index is 0.0488. The van der Waals surface area contributed by atoms with E-state index in [1.54, 1.807) is 14.2 Å². The lowest BCUT2D eigenvalue weighted by atomic mass is 9.88. The Morgan fingerprint density at radius 1 is 1.35 bits per heavy atom. The van der Waals surface area contributed by atoms with E-state index in [1.165, 1.54) is 12.8 Å². The number of piperidine rings is 1. The third kappa shape index (κ3) is 3.41. The summed E-state index contributed by atoms with van der Waals surface area (Å²) in [5.74, 6) is 0.705. The van der Waals surface area contributed by atoms with Crippen molar-refractivity contribution in [3.05, 3.63) is 0 Å². The van der Waals surface area contributed by atoms with Crippen molar-refractivity contribution >= 4 is 0 Å². The topological polar surface area (TPSA) is 47.7 Å². The van der Waals surface area contributed by atoms with Gasteiger partial charge in [0.05, 0.1) is 11.6 Å². The number of hydrogen-bond acceptors (Lipinski definition) is 4. The van der Waals surface area contributed by atoms with Crippen LogP contribution in [0, 0.1) is 5.92 Å². The van der Waals surface area contributed by atoms with E-state index in [-0.39, 0.29) is 11.6 Å². The summed E-state index contributed by atoms with van der Waals surface area (Å²) in [4.78, 5) is 2.48. The largest absolute Gasteiger partial charge is 0.384 e. The molecule has 2 unspecified atom stereocenters. The molecule has 0 radical (unpaired) electrons. The molecule has 0 spiro atoms. The third-order valence-electron chi connectivity index (χ3n) is 4.38. The number of ether oxygens (including phenoxy) is 2. The van der Waals surface area contributed by atoms with Gasteiger partial charge in [-0.3, -0.25) is 4.90 Å². The quantitative estimate of drug-likeness (QED) is 0.760. The molecule has 0 amide bonds. The van der Waals surface area contributed by atoms with E-state index in [0.29, 0.717) is 12.5 Å². The summed E-state index contributed by atoms with van der Waals surface area (Å²) in [6.07, 6.45) is 2.55. The van der Waals surface area contributed by atoms with Crippen LogP contribution in [0.5, 0.6) is 0 Å². The highest BCUT2D eigenvalue weighted by atomic mass is 16.5. The van der Waals surface area contributed by atoms with Crippen molar-refractivity contribution < 1.29 is 9.47 Å². The molecule has 0 saturated carbocycles. The first-order valence-electron chi connectivity index (χ1n) is 6.55. The lowest BCUT2D eigenvalue weighted by Gasteiger charge is -2.47. The maximum absolute atomic E-state index is 5.96. The summed E-state index contributed by atoms with van der Waals surface area (Å²) in [6, 6.07) is 0. The van der Waals surface area contributed by atoms with E-state index in [2.05, 4.69) is 18.7 Å². The Morgan fingerprint density at radius 3 is 2.35 bits per heavy atom. The molecule has 1 saturated heterocycles.